The van der Waals surface area contributed by atoms with E-state index in [-0.39, 0.29) is 31.1 Å². The Labute approximate surface area is 154 Å². The van der Waals surface area contributed by atoms with Crippen molar-refractivity contribution in [1.29, 1.82) is 0 Å². The van der Waals surface area contributed by atoms with Crippen molar-refractivity contribution in [3.8, 4) is 0 Å². The first-order valence-electron chi connectivity index (χ1n) is 8.49. The second kappa shape index (κ2) is 6.62. The maximum Gasteiger partial charge on any atom is 0.322 e. The topological polar surface area (TPSA) is 61.9 Å². The number of carbonyl (C=O) groups is 2. The Hall–Kier alpha value is -3.00. The number of hydroxylamine groups is 2. The molecule has 0 unspecified atom stereocenters. The van der Waals surface area contributed by atoms with E-state index in [1.54, 1.807) is 0 Å². The average Bonchev–Trinajstić information content (AvgIpc) is 2.94. The van der Waals surface area contributed by atoms with Crippen LogP contribution in [0.4, 0.5) is 19.3 Å². The zero-order valence-electron chi connectivity index (χ0n) is 14.3. The monoisotopic (exact) mass is 373 g/mol. The van der Waals surface area contributed by atoms with Gasteiger partial charge in [0.25, 0.3) is 0 Å². The lowest BCUT2D eigenvalue weighted by atomic mass is 9.91. The number of nitrogens with zero attached hydrogens (tertiary/aromatic N) is 2. The van der Waals surface area contributed by atoms with Crippen molar-refractivity contribution in [3.05, 3.63) is 65.7 Å². The quantitative estimate of drug-likeness (QED) is 0.900. The molecule has 8 heteroatoms. The third-order valence-electron chi connectivity index (χ3n) is 4.64. The molecule has 2 heterocycles. The summed E-state index contributed by atoms with van der Waals surface area (Å²) in [5.41, 5.74) is -0.0302. The summed E-state index contributed by atoms with van der Waals surface area (Å²) in [6, 6.07) is 11.7. The molecule has 2 saturated heterocycles. The van der Waals surface area contributed by atoms with E-state index in [1.807, 2.05) is 30.3 Å². The second-order valence-corrected chi connectivity index (χ2v) is 6.78. The zero-order chi connectivity index (χ0) is 19.0. The number of hydrogen-bond acceptors (Lipinski definition) is 3. The van der Waals surface area contributed by atoms with Gasteiger partial charge in [0.05, 0.1) is 31.7 Å². The van der Waals surface area contributed by atoms with Gasteiger partial charge in [-0.05, 0) is 17.7 Å². The summed E-state index contributed by atoms with van der Waals surface area (Å²) in [5.74, 6) is -1.51. The fourth-order valence-electron chi connectivity index (χ4n) is 3.30. The van der Waals surface area contributed by atoms with Crippen molar-refractivity contribution in [1.82, 2.24) is 9.96 Å². The highest BCUT2D eigenvalue weighted by Gasteiger charge is 2.54. The van der Waals surface area contributed by atoms with Crippen LogP contribution in [0.3, 0.4) is 0 Å². The largest absolute Gasteiger partial charge is 0.322 e. The molecule has 2 aromatic carbocycles. The first-order chi connectivity index (χ1) is 12.9. The summed E-state index contributed by atoms with van der Waals surface area (Å²) in [4.78, 5) is 31.6. The molecular weight excluding hydrogens is 356 g/mol. The summed E-state index contributed by atoms with van der Waals surface area (Å²) in [7, 11) is 0. The highest BCUT2D eigenvalue weighted by Crippen LogP contribution is 2.36. The molecule has 27 heavy (non-hydrogen) atoms. The number of hydrogen-bond donors (Lipinski definition) is 1. The third kappa shape index (κ3) is 3.48. The Morgan fingerprint density at radius 3 is 2.63 bits per heavy atom. The molecular formula is C19H17F2N3O3. The van der Waals surface area contributed by atoms with E-state index in [0.717, 1.165) is 23.8 Å². The first kappa shape index (κ1) is 17.4. The van der Waals surface area contributed by atoms with Gasteiger partial charge in [-0.2, -0.15) is 0 Å². The van der Waals surface area contributed by atoms with Crippen LogP contribution in [0.2, 0.25) is 0 Å². The number of urea groups is 1. The highest BCUT2D eigenvalue weighted by atomic mass is 19.1. The summed E-state index contributed by atoms with van der Waals surface area (Å²) in [6.07, 6.45) is 0.179. The highest BCUT2D eigenvalue weighted by molar-refractivity contribution is 5.90. The Balaban J connectivity index is 1.35. The smallest absolute Gasteiger partial charge is 0.318 e. The molecule has 0 aliphatic carbocycles. The van der Waals surface area contributed by atoms with Crippen molar-refractivity contribution in [2.24, 2.45) is 0 Å². The number of amides is 3. The number of anilines is 1. The third-order valence-corrected chi connectivity index (χ3v) is 4.64. The molecule has 0 saturated carbocycles. The van der Waals surface area contributed by atoms with Gasteiger partial charge in [-0.15, -0.1) is 0 Å². The van der Waals surface area contributed by atoms with Crippen molar-refractivity contribution >= 4 is 17.6 Å². The van der Waals surface area contributed by atoms with E-state index in [2.05, 4.69) is 5.32 Å². The van der Waals surface area contributed by atoms with Crippen LogP contribution >= 0.6 is 0 Å². The van der Waals surface area contributed by atoms with Crippen molar-refractivity contribution in [2.45, 2.75) is 18.6 Å². The molecule has 2 aromatic rings. The molecule has 140 valence electrons. The van der Waals surface area contributed by atoms with Crippen LogP contribution in [-0.4, -0.2) is 40.6 Å². The molecule has 2 aliphatic heterocycles. The minimum absolute atomic E-state index is 0.143. The zero-order valence-corrected chi connectivity index (χ0v) is 14.3. The number of benzene rings is 2. The number of rotatable bonds is 3. The van der Waals surface area contributed by atoms with Crippen molar-refractivity contribution in [2.75, 3.05) is 18.4 Å². The molecule has 0 atom stereocenters. The van der Waals surface area contributed by atoms with E-state index in [0.29, 0.717) is 6.54 Å². The lowest BCUT2D eigenvalue weighted by Gasteiger charge is -2.45. The van der Waals surface area contributed by atoms with Crippen LogP contribution in [0.5, 0.6) is 0 Å². The lowest BCUT2D eigenvalue weighted by molar-refractivity contribution is -0.232. The minimum atomic E-state index is -0.746. The predicted octanol–water partition coefficient (Wildman–Crippen LogP) is 2.92. The van der Waals surface area contributed by atoms with Gasteiger partial charge in [-0.1, -0.05) is 30.3 Å². The molecule has 2 fully saturated rings. The fraction of sp³-hybridized carbons (Fsp3) is 0.263. The Bertz CT molecular complexity index is 885. The molecule has 0 bridgehead atoms. The predicted molar refractivity (Wildman–Crippen MR) is 92.4 cm³/mol. The average molecular weight is 373 g/mol. The molecule has 4 rings (SSSR count). The van der Waals surface area contributed by atoms with Gasteiger partial charge in [-0.3, -0.25) is 9.63 Å². The first-order valence-corrected chi connectivity index (χ1v) is 8.49. The molecule has 0 aromatic heterocycles. The molecule has 2 aliphatic rings. The summed E-state index contributed by atoms with van der Waals surface area (Å²) < 4.78 is 26.8. The van der Waals surface area contributed by atoms with Gasteiger partial charge in [0, 0.05) is 6.07 Å². The molecule has 0 radical (unpaired) electrons. The van der Waals surface area contributed by atoms with E-state index in [4.69, 9.17) is 4.84 Å². The Kier molecular flexibility index (Phi) is 4.27. The maximum absolute atomic E-state index is 13.6. The summed E-state index contributed by atoms with van der Waals surface area (Å²) >= 11 is 0. The number of likely N-dealkylation sites (tertiary alicyclic amines) is 1. The molecule has 6 nitrogen and oxygen atoms in total. The second-order valence-electron chi connectivity index (χ2n) is 6.78. The van der Waals surface area contributed by atoms with Crippen LogP contribution in [0.25, 0.3) is 0 Å². The molecule has 3 amide bonds. The Morgan fingerprint density at radius 1 is 1.15 bits per heavy atom. The Morgan fingerprint density at radius 2 is 1.89 bits per heavy atom. The standard InChI is InChI=1S/C19H17F2N3O3/c20-14-6-7-15(21)16(8-14)22-18(26)23-11-19(12-23)9-17(25)24(27-19)10-13-4-2-1-3-5-13/h1-8H,9-12H2,(H,22,26). The van der Waals surface area contributed by atoms with Gasteiger partial charge in [-0.25, -0.2) is 18.6 Å². The minimum Gasteiger partial charge on any atom is -0.318 e. The van der Waals surface area contributed by atoms with Crippen molar-refractivity contribution < 1.29 is 23.2 Å². The van der Waals surface area contributed by atoms with Gasteiger partial charge < -0.3 is 10.2 Å². The summed E-state index contributed by atoms with van der Waals surface area (Å²) in [6.45, 7) is 0.738. The normalized spacial score (nSPS) is 17.9. The van der Waals surface area contributed by atoms with Crippen LogP contribution in [0, 0.1) is 11.6 Å². The van der Waals surface area contributed by atoms with Crippen LogP contribution < -0.4 is 5.32 Å². The molecule has 1 N–H and O–H groups in total. The maximum atomic E-state index is 13.6. The van der Waals surface area contributed by atoms with Gasteiger partial charge >= 0.3 is 6.03 Å². The molecule has 1 spiro atoms. The van der Waals surface area contributed by atoms with Crippen LogP contribution in [0.15, 0.2) is 48.5 Å². The number of nitrogens with one attached hydrogen (secondary N) is 1. The van der Waals surface area contributed by atoms with E-state index in [9.17, 15) is 18.4 Å². The van der Waals surface area contributed by atoms with Gasteiger partial charge in [0.15, 0.2) is 0 Å². The van der Waals surface area contributed by atoms with E-state index < -0.39 is 23.3 Å². The fourth-order valence-corrected chi connectivity index (χ4v) is 3.30. The van der Waals surface area contributed by atoms with E-state index in [1.165, 1.54) is 9.96 Å². The number of carbonyl (C=O) groups excluding carboxylic acids is 2. The van der Waals surface area contributed by atoms with Gasteiger partial charge in [0.1, 0.15) is 17.2 Å². The van der Waals surface area contributed by atoms with E-state index >= 15 is 0 Å². The summed E-state index contributed by atoms with van der Waals surface area (Å²) in [5, 5.41) is 3.66. The SMILES string of the molecule is O=C(Nc1cc(F)ccc1F)N1CC2(CC(=O)N(Cc3ccccc3)O2)C1. The lowest BCUT2D eigenvalue weighted by Crippen LogP contribution is -2.64. The van der Waals surface area contributed by atoms with Crippen LogP contribution in [-0.2, 0) is 16.2 Å². The van der Waals surface area contributed by atoms with Gasteiger partial charge in [0.2, 0.25) is 5.91 Å². The van der Waals surface area contributed by atoms with Crippen molar-refractivity contribution in [3.63, 3.8) is 0 Å². The number of halogens is 2. The van der Waals surface area contributed by atoms with Crippen LogP contribution in [0.1, 0.15) is 12.0 Å².